The predicted molar refractivity (Wildman–Crippen MR) is 86.2 cm³/mol. The lowest BCUT2D eigenvalue weighted by atomic mass is 10.1. The van der Waals surface area contributed by atoms with E-state index in [2.05, 4.69) is 10.6 Å². The molecule has 0 atom stereocenters. The number of nitrogens with one attached hydrogen (secondary N) is 2. The Morgan fingerprint density at radius 2 is 2.04 bits per heavy atom. The van der Waals surface area contributed by atoms with Crippen LogP contribution in [0.5, 0.6) is 0 Å². The van der Waals surface area contributed by atoms with E-state index >= 15 is 0 Å². The molecule has 1 aromatic carbocycles. The molecule has 0 saturated carbocycles. The number of carbonyl (C=O) groups is 1. The van der Waals surface area contributed by atoms with E-state index < -0.39 is 10.5 Å². The highest BCUT2D eigenvalue weighted by molar-refractivity contribution is 5.75. The zero-order valence-electron chi connectivity index (χ0n) is 12.8. The first kappa shape index (κ1) is 15.9. The highest BCUT2D eigenvalue weighted by Crippen LogP contribution is 2.16. The van der Waals surface area contributed by atoms with Crippen LogP contribution in [0.4, 0.5) is 5.69 Å². The number of nitrogens with zero attached hydrogens (tertiary/aromatic N) is 2. The van der Waals surface area contributed by atoms with Gasteiger partial charge < -0.3 is 10.6 Å². The van der Waals surface area contributed by atoms with Gasteiger partial charge in [0, 0.05) is 31.8 Å². The average Bonchev–Trinajstić information content (AvgIpc) is 3.02. The molecule has 0 radical (unpaired) electrons. The highest BCUT2D eigenvalue weighted by Gasteiger charge is 2.12. The normalized spacial score (nSPS) is 12.7. The predicted octanol–water partition coefficient (Wildman–Crippen LogP) is 0.676. The van der Waals surface area contributed by atoms with Crippen molar-refractivity contribution in [2.45, 2.75) is 26.2 Å². The van der Waals surface area contributed by atoms with E-state index in [-0.39, 0.29) is 18.1 Å². The summed E-state index contributed by atoms with van der Waals surface area (Å²) in [5.74, 6) is -0.378. The fourth-order valence-corrected chi connectivity index (χ4v) is 2.62. The second kappa shape index (κ2) is 6.63. The van der Waals surface area contributed by atoms with Gasteiger partial charge >= 0.3 is 0 Å². The van der Waals surface area contributed by atoms with Gasteiger partial charge in [-0.25, -0.2) is 0 Å². The zero-order valence-corrected chi connectivity index (χ0v) is 12.8. The maximum absolute atomic E-state index is 12.0. The molecular formula is C16H16N4O4. The lowest BCUT2D eigenvalue weighted by Gasteiger charge is -2.08. The summed E-state index contributed by atoms with van der Waals surface area (Å²) >= 11 is 0. The molecule has 3 rings (SSSR count). The Morgan fingerprint density at radius 1 is 1.25 bits per heavy atom. The number of hydrogen-bond donors (Lipinski definition) is 2. The van der Waals surface area contributed by atoms with Crippen molar-refractivity contribution in [3.8, 4) is 0 Å². The van der Waals surface area contributed by atoms with Gasteiger partial charge in [-0.2, -0.15) is 0 Å². The number of carbonyl (C=O) groups excluding carboxylic acids is 1. The average molecular weight is 328 g/mol. The maximum Gasteiger partial charge on any atom is 0.285 e. The van der Waals surface area contributed by atoms with Gasteiger partial charge in [-0.05, 0) is 16.7 Å². The van der Waals surface area contributed by atoms with Crippen molar-refractivity contribution in [2.75, 3.05) is 0 Å². The molecule has 2 heterocycles. The summed E-state index contributed by atoms with van der Waals surface area (Å²) in [6.45, 7) is 1.76. The van der Waals surface area contributed by atoms with Gasteiger partial charge in [-0.15, -0.1) is 0 Å². The zero-order chi connectivity index (χ0) is 17.1. The quantitative estimate of drug-likeness (QED) is 0.620. The first-order chi connectivity index (χ1) is 11.5. The Bertz CT molecular complexity index is 859. The van der Waals surface area contributed by atoms with Gasteiger partial charge in [0.25, 0.3) is 11.2 Å². The second-order valence-electron chi connectivity index (χ2n) is 5.59. The van der Waals surface area contributed by atoms with E-state index in [0.29, 0.717) is 6.54 Å². The molecule has 0 saturated heterocycles. The smallest absolute Gasteiger partial charge is 0.285 e. The molecule has 24 heavy (non-hydrogen) atoms. The molecule has 1 aliphatic heterocycles. The van der Waals surface area contributed by atoms with Crippen molar-refractivity contribution >= 4 is 11.6 Å². The first-order valence-electron chi connectivity index (χ1n) is 7.46. The number of benzene rings is 1. The van der Waals surface area contributed by atoms with Crippen LogP contribution in [-0.2, 0) is 31.0 Å². The monoisotopic (exact) mass is 328 g/mol. The maximum atomic E-state index is 12.0. The van der Waals surface area contributed by atoms with Crippen LogP contribution in [0.25, 0.3) is 0 Å². The minimum Gasteiger partial charge on any atom is -0.350 e. The third-order valence-corrected chi connectivity index (χ3v) is 3.88. The second-order valence-corrected chi connectivity index (χ2v) is 5.59. The van der Waals surface area contributed by atoms with Gasteiger partial charge in [-0.3, -0.25) is 24.3 Å². The van der Waals surface area contributed by atoms with Crippen LogP contribution < -0.4 is 16.2 Å². The fourth-order valence-electron chi connectivity index (χ4n) is 2.62. The number of fused-ring (bicyclic) bond motifs is 1. The summed E-state index contributed by atoms with van der Waals surface area (Å²) in [5, 5.41) is 16.7. The summed E-state index contributed by atoms with van der Waals surface area (Å²) in [7, 11) is 0. The molecule has 0 unspecified atom stereocenters. The van der Waals surface area contributed by atoms with Gasteiger partial charge in [-0.1, -0.05) is 18.2 Å². The van der Waals surface area contributed by atoms with Crippen molar-refractivity contribution in [3.63, 3.8) is 0 Å². The van der Waals surface area contributed by atoms with Gasteiger partial charge in [0.15, 0.2) is 0 Å². The van der Waals surface area contributed by atoms with Gasteiger partial charge in [0.05, 0.1) is 11.1 Å². The molecule has 0 spiro atoms. The van der Waals surface area contributed by atoms with E-state index in [9.17, 15) is 19.7 Å². The third kappa shape index (κ3) is 3.49. The number of hydrogen-bond acceptors (Lipinski definition) is 5. The van der Waals surface area contributed by atoms with Crippen LogP contribution in [0.2, 0.25) is 0 Å². The molecule has 1 amide bonds. The van der Waals surface area contributed by atoms with Crippen LogP contribution in [0.1, 0.15) is 16.7 Å². The summed E-state index contributed by atoms with van der Waals surface area (Å²) < 4.78 is 1.03. The summed E-state index contributed by atoms with van der Waals surface area (Å²) in [6, 6.07) is 8.22. The van der Waals surface area contributed by atoms with Gasteiger partial charge in [0.2, 0.25) is 5.91 Å². The standard InChI is InChI=1S/C16H16N4O4/c21-15(10-19-9-14(20(23)24)3-4-16(19)22)18-6-11-1-2-12-7-17-8-13(12)5-11/h1-5,9,17H,6-8,10H2,(H,18,21). The van der Waals surface area contributed by atoms with E-state index in [1.807, 2.05) is 18.2 Å². The number of nitro groups is 1. The lowest BCUT2D eigenvalue weighted by Crippen LogP contribution is -2.31. The van der Waals surface area contributed by atoms with E-state index in [1.54, 1.807) is 0 Å². The summed E-state index contributed by atoms with van der Waals surface area (Å²) in [6.07, 6.45) is 1.07. The van der Waals surface area contributed by atoms with Crippen molar-refractivity contribution in [1.29, 1.82) is 0 Å². The summed E-state index contributed by atoms with van der Waals surface area (Å²) in [4.78, 5) is 33.8. The number of amides is 1. The largest absolute Gasteiger partial charge is 0.350 e. The minimum absolute atomic E-state index is 0.228. The molecule has 8 nitrogen and oxygen atoms in total. The van der Waals surface area contributed by atoms with Crippen molar-refractivity contribution in [2.24, 2.45) is 0 Å². The van der Waals surface area contributed by atoms with Gasteiger partial charge in [0.1, 0.15) is 6.54 Å². The molecule has 0 fully saturated rings. The third-order valence-electron chi connectivity index (χ3n) is 3.88. The molecule has 1 aromatic heterocycles. The van der Waals surface area contributed by atoms with E-state index in [0.717, 1.165) is 41.5 Å². The Balaban J connectivity index is 1.63. The summed E-state index contributed by atoms with van der Waals surface area (Å²) in [5.41, 5.74) is 2.76. The molecular weight excluding hydrogens is 312 g/mol. The number of pyridine rings is 1. The Labute approximate surface area is 137 Å². The molecule has 2 N–H and O–H groups in total. The van der Waals surface area contributed by atoms with Crippen molar-refractivity contribution < 1.29 is 9.72 Å². The number of rotatable bonds is 5. The SMILES string of the molecule is O=C(Cn1cc([N+](=O)[O-])ccc1=O)NCc1ccc2c(c1)CNC2. The Morgan fingerprint density at radius 3 is 2.83 bits per heavy atom. The Hall–Kier alpha value is -3.00. The van der Waals surface area contributed by atoms with Crippen LogP contribution in [0.3, 0.4) is 0 Å². The molecule has 0 bridgehead atoms. The van der Waals surface area contributed by atoms with Crippen LogP contribution in [0, 0.1) is 10.1 Å². The van der Waals surface area contributed by atoms with E-state index in [4.69, 9.17) is 0 Å². The Kier molecular flexibility index (Phi) is 4.39. The first-order valence-corrected chi connectivity index (χ1v) is 7.46. The van der Waals surface area contributed by atoms with E-state index in [1.165, 1.54) is 11.1 Å². The topological polar surface area (TPSA) is 106 Å². The lowest BCUT2D eigenvalue weighted by molar-refractivity contribution is -0.385. The highest BCUT2D eigenvalue weighted by atomic mass is 16.6. The van der Waals surface area contributed by atoms with Crippen LogP contribution >= 0.6 is 0 Å². The molecule has 2 aromatic rings. The van der Waals surface area contributed by atoms with Crippen LogP contribution in [-0.4, -0.2) is 15.4 Å². The molecule has 8 heteroatoms. The number of aromatic nitrogens is 1. The fraction of sp³-hybridized carbons (Fsp3) is 0.250. The molecule has 0 aliphatic carbocycles. The van der Waals surface area contributed by atoms with Crippen LogP contribution in [0.15, 0.2) is 41.3 Å². The molecule has 1 aliphatic rings. The molecule has 124 valence electrons. The van der Waals surface area contributed by atoms with Crippen molar-refractivity contribution in [1.82, 2.24) is 15.2 Å². The minimum atomic E-state index is -0.605. The van der Waals surface area contributed by atoms with Crippen molar-refractivity contribution in [3.05, 3.63) is 73.7 Å².